The van der Waals surface area contributed by atoms with Crippen LogP contribution in [0.15, 0.2) is 34.0 Å². The normalized spacial score (nSPS) is 19.9. The summed E-state index contributed by atoms with van der Waals surface area (Å²) in [6, 6.07) is -1.16. The Hall–Kier alpha value is -3.60. The minimum Gasteiger partial charge on any atom is -0.427 e. The zero-order valence-electron chi connectivity index (χ0n) is 21.0. The molecule has 3 heterocycles. The first-order valence-corrected chi connectivity index (χ1v) is 13.0. The predicted molar refractivity (Wildman–Crippen MR) is 134 cm³/mol. The lowest BCUT2D eigenvalue weighted by Crippen LogP contribution is -2.71. The molecule has 2 atom stereocenters. The number of amides is 2. The molecule has 0 aliphatic carbocycles. The number of halogens is 3. The van der Waals surface area contributed by atoms with Gasteiger partial charge in [0.15, 0.2) is 10.8 Å². The third kappa shape index (κ3) is 7.08. The highest BCUT2D eigenvalue weighted by atomic mass is 32.2. The number of nitrogens with two attached hydrogens (primary N) is 1. The summed E-state index contributed by atoms with van der Waals surface area (Å²) in [4.78, 5) is 60.3. The van der Waals surface area contributed by atoms with Crippen molar-refractivity contribution in [3.8, 4) is 0 Å². The number of rotatable bonds is 8. The SMILES string of the molecule is CON=C(C(=O)NC1C(=O)N2C(C(=O)OCOC(=O)C(C)(C)C)=C(C=CC(F)(F)F)CS[C@H]12)c1csc(N)n1. The van der Waals surface area contributed by atoms with Crippen LogP contribution in [0.5, 0.6) is 0 Å². The van der Waals surface area contributed by atoms with Gasteiger partial charge in [0.2, 0.25) is 6.79 Å². The van der Waals surface area contributed by atoms with Crippen LogP contribution in [0, 0.1) is 5.41 Å². The van der Waals surface area contributed by atoms with Crippen molar-refractivity contribution in [2.24, 2.45) is 10.6 Å². The van der Waals surface area contributed by atoms with Crippen LogP contribution < -0.4 is 11.1 Å². The predicted octanol–water partition coefficient (Wildman–Crippen LogP) is 1.94. The zero-order chi connectivity index (χ0) is 29.1. The molecule has 17 heteroatoms. The van der Waals surface area contributed by atoms with E-state index >= 15 is 0 Å². The van der Waals surface area contributed by atoms with Crippen LogP contribution in [-0.2, 0) is 33.5 Å². The molecule has 0 aromatic carbocycles. The van der Waals surface area contributed by atoms with Crippen molar-refractivity contribution in [3.63, 3.8) is 0 Å². The number of carbonyl (C=O) groups is 4. The fraction of sp³-hybridized carbons (Fsp3) is 0.455. The number of hydrogen-bond acceptors (Lipinski definition) is 12. The van der Waals surface area contributed by atoms with Gasteiger partial charge in [-0.3, -0.25) is 19.3 Å². The first-order valence-electron chi connectivity index (χ1n) is 11.1. The lowest BCUT2D eigenvalue weighted by atomic mass is 9.98. The Labute approximate surface area is 228 Å². The van der Waals surface area contributed by atoms with E-state index in [1.807, 2.05) is 0 Å². The van der Waals surface area contributed by atoms with Gasteiger partial charge in [-0.1, -0.05) is 11.2 Å². The third-order valence-corrected chi connectivity index (χ3v) is 7.08. The van der Waals surface area contributed by atoms with Gasteiger partial charge in [-0.15, -0.1) is 23.1 Å². The van der Waals surface area contributed by atoms with E-state index < -0.39 is 59.2 Å². The average molecular weight is 592 g/mol. The molecule has 3 rings (SSSR count). The number of ether oxygens (including phenoxy) is 2. The van der Waals surface area contributed by atoms with Gasteiger partial charge in [0, 0.05) is 17.2 Å². The van der Waals surface area contributed by atoms with E-state index in [9.17, 15) is 32.3 Å². The molecule has 2 aliphatic heterocycles. The third-order valence-electron chi connectivity index (χ3n) is 5.11. The van der Waals surface area contributed by atoms with Crippen molar-refractivity contribution in [1.29, 1.82) is 0 Å². The highest BCUT2D eigenvalue weighted by Gasteiger charge is 2.54. The number of alkyl halides is 3. The summed E-state index contributed by atoms with van der Waals surface area (Å²) in [5, 5.41) is 6.89. The van der Waals surface area contributed by atoms with Crippen LogP contribution in [0.2, 0.25) is 0 Å². The summed E-state index contributed by atoms with van der Waals surface area (Å²) in [6.07, 6.45) is -4.10. The minimum absolute atomic E-state index is 0.0767. The molecule has 0 saturated carbocycles. The van der Waals surface area contributed by atoms with E-state index in [0.717, 1.165) is 28.0 Å². The first kappa shape index (κ1) is 29.9. The standard InChI is InChI=1S/C22H24F3N5O7S2/c1-21(2,3)19(34)37-9-36-18(33)14-10(5-6-22(23,24)25)7-38-17-13(16(32)30(14)17)28-15(31)12(29-35-4)11-8-39-20(26)27-11/h5-6,8,13,17H,7,9H2,1-4H3,(H2,26,27)(H,28,31)/t13?,17-/m1/s1. The molecule has 3 N–H and O–H groups in total. The maximum absolute atomic E-state index is 13.0. The summed E-state index contributed by atoms with van der Waals surface area (Å²) < 4.78 is 48.4. The van der Waals surface area contributed by atoms with E-state index in [0.29, 0.717) is 6.08 Å². The maximum atomic E-state index is 13.0. The number of nitrogens with one attached hydrogen (secondary N) is 1. The molecular formula is C22H24F3N5O7S2. The number of aromatic nitrogens is 1. The van der Waals surface area contributed by atoms with Crippen LogP contribution in [0.3, 0.4) is 0 Å². The van der Waals surface area contributed by atoms with E-state index in [4.69, 9.17) is 20.0 Å². The van der Waals surface area contributed by atoms with Crippen molar-refractivity contribution >= 4 is 57.7 Å². The van der Waals surface area contributed by atoms with Crippen molar-refractivity contribution in [2.75, 3.05) is 25.4 Å². The smallest absolute Gasteiger partial charge is 0.409 e. The summed E-state index contributed by atoms with van der Waals surface area (Å²) >= 11 is 2.07. The molecule has 1 fully saturated rings. The van der Waals surface area contributed by atoms with Gasteiger partial charge >= 0.3 is 18.1 Å². The first-order chi connectivity index (χ1) is 18.1. The van der Waals surface area contributed by atoms with Gasteiger partial charge in [0.25, 0.3) is 11.8 Å². The largest absolute Gasteiger partial charge is 0.427 e. The number of nitrogens with zero attached hydrogens (tertiary/aromatic N) is 3. The summed E-state index contributed by atoms with van der Waals surface area (Å²) in [5.41, 5.74) is 3.95. The Morgan fingerprint density at radius 1 is 1.28 bits per heavy atom. The lowest BCUT2D eigenvalue weighted by molar-refractivity contribution is -0.173. The van der Waals surface area contributed by atoms with Gasteiger partial charge in [0.1, 0.15) is 29.9 Å². The molecule has 12 nitrogen and oxygen atoms in total. The molecule has 2 aliphatic rings. The second-order valence-corrected chi connectivity index (χ2v) is 11.0. The second-order valence-electron chi connectivity index (χ2n) is 9.03. The highest BCUT2D eigenvalue weighted by Crippen LogP contribution is 2.41. The maximum Gasteiger partial charge on any atom is 0.409 e. The molecule has 1 saturated heterocycles. The summed E-state index contributed by atoms with van der Waals surface area (Å²) in [6.45, 7) is 3.90. The van der Waals surface area contributed by atoms with Crippen molar-refractivity contribution in [3.05, 3.63) is 34.5 Å². The van der Waals surface area contributed by atoms with E-state index in [2.05, 4.69) is 15.5 Å². The minimum atomic E-state index is -4.68. The molecule has 0 spiro atoms. The quantitative estimate of drug-likeness (QED) is 0.150. The second kappa shape index (κ2) is 11.6. The monoisotopic (exact) mass is 591 g/mol. The Morgan fingerprint density at radius 3 is 2.54 bits per heavy atom. The van der Waals surface area contributed by atoms with Gasteiger partial charge < -0.3 is 25.4 Å². The van der Waals surface area contributed by atoms with Gasteiger partial charge in [-0.25, -0.2) is 9.78 Å². The van der Waals surface area contributed by atoms with Crippen molar-refractivity contribution in [2.45, 2.75) is 38.4 Å². The highest BCUT2D eigenvalue weighted by molar-refractivity contribution is 8.00. The molecule has 2 amide bonds. The molecular weight excluding hydrogens is 567 g/mol. The molecule has 0 bridgehead atoms. The molecule has 1 unspecified atom stereocenters. The zero-order valence-corrected chi connectivity index (χ0v) is 22.7. The van der Waals surface area contributed by atoms with Gasteiger partial charge in [-0.2, -0.15) is 13.2 Å². The average Bonchev–Trinajstić information content (AvgIpc) is 3.28. The Morgan fingerprint density at radius 2 is 1.97 bits per heavy atom. The molecule has 212 valence electrons. The Balaban J connectivity index is 1.81. The number of esters is 2. The Bertz CT molecular complexity index is 1250. The number of nitrogen functional groups attached to an aromatic ring is 1. The van der Waals surface area contributed by atoms with Gasteiger partial charge in [-0.05, 0) is 26.3 Å². The summed E-state index contributed by atoms with van der Waals surface area (Å²) in [7, 11) is 1.20. The molecule has 1 aromatic heterocycles. The summed E-state index contributed by atoms with van der Waals surface area (Å²) in [5.74, 6) is -3.60. The van der Waals surface area contributed by atoms with E-state index in [1.54, 1.807) is 20.8 Å². The number of thiazole rings is 1. The van der Waals surface area contributed by atoms with Crippen LogP contribution in [0.25, 0.3) is 0 Å². The topological polar surface area (TPSA) is 163 Å². The number of thioether (sulfide) groups is 1. The van der Waals surface area contributed by atoms with Crippen molar-refractivity contribution < 1.29 is 46.7 Å². The number of anilines is 1. The van der Waals surface area contributed by atoms with Gasteiger partial charge in [0.05, 0.1) is 5.41 Å². The fourth-order valence-electron chi connectivity index (χ4n) is 3.28. The lowest BCUT2D eigenvalue weighted by Gasteiger charge is -2.49. The molecule has 39 heavy (non-hydrogen) atoms. The van der Waals surface area contributed by atoms with E-state index in [-0.39, 0.29) is 33.9 Å². The molecule has 1 aromatic rings. The van der Waals surface area contributed by atoms with Crippen LogP contribution >= 0.6 is 23.1 Å². The molecule has 0 radical (unpaired) electrons. The number of allylic oxidation sites excluding steroid dienone is 2. The number of fused-ring (bicyclic) bond motifs is 1. The van der Waals surface area contributed by atoms with Crippen LogP contribution in [-0.4, -0.2) is 76.6 Å². The number of oxime groups is 1. The Kier molecular flexibility index (Phi) is 8.94. The fourth-order valence-corrected chi connectivity index (χ4v) is 5.14. The van der Waals surface area contributed by atoms with Crippen molar-refractivity contribution in [1.82, 2.24) is 15.2 Å². The number of carbonyl (C=O) groups excluding carboxylic acids is 4. The van der Waals surface area contributed by atoms with E-state index in [1.165, 1.54) is 12.5 Å². The number of hydrogen-bond donors (Lipinski definition) is 2. The van der Waals surface area contributed by atoms with Crippen LogP contribution in [0.1, 0.15) is 26.5 Å². The number of β-lactam (4-membered cyclic amide) rings is 1. The van der Waals surface area contributed by atoms with Crippen LogP contribution in [0.4, 0.5) is 18.3 Å².